The number of piperidine rings is 1. The fourth-order valence-corrected chi connectivity index (χ4v) is 2.50. The molecule has 3 heteroatoms. The Morgan fingerprint density at radius 1 is 1.12 bits per heavy atom. The van der Waals surface area contributed by atoms with Gasteiger partial charge in [0, 0.05) is 11.1 Å². The van der Waals surface area contributed by atoms with Crippen LogP contribution >= 0.6 is 0 Å². The zero-order chi connectivity index (χ0) is 13.7. The highest BCUT2D eigenvalue weighted by Gasteiger charge is 2.40. The molecule has 0 radical (unpaired) electrons. The monoisotopic (exact) mass is 241 g/mol. The number of nitrogens with one attached hydrogen (secondary N) is 1. The minimum absolute atomic E-state index is 0.0647. The van der Waals surface area contributed by atoms with Crippen LogP contribution in [0.4, 0.5) is 0 Å². The molecule has 0 aromatic rings. The molecule has 0 aliphatic carbocycles. The smallest absolute Gasteiger partial charge is 0.306 e. The van der Waals surface area contributed by atoms with Gasteiger partial charge in [-0.15, -0.1) is 0 Å². The van der Waals surface area contributed by atoms with Crippen molar-refractivity contribution in [2.24, 2.45) is 5.92 Å². The molecule has 0 saturated carbocycles. The number of aliphatic carboxylic acids is 1. The number of hydrogen-bond donors (Lipinski definition) is 2. The Kier molecular flexibility index (Phi) is 5.89. The lowest BCUT2D eigenvalue weighted by atomic mass is 9.76. The minimum atomic E-state index is -0.664. The Balaban J connectivity index is 0.000000557. The average Bonchev–Trinajstić information content (AvgIpc) is 2.13. The number of carboxylic acid groups (broad SMARTS) is 1. The van der Waals surface area contributed by atoms with Crippen molar-refractivity contribution in [1.29, 1.82) is 0 Å². The fraction of sp³-hybridized carbons (Fsp3) is 0.786. The third-order valence-electron chi connectivity index (χ3n) is 2.87. The second-order valence-corrected chi connectivity index (χ2v) is 6.00. The SMILES string of the molecule is CC1(C)CC(C(=O)O)CC(C)(C)N1.CC=CC. The van der Waals surface area contributed by atoms with Crippen LogP contribution in [0.15, 0.2) is 12.2 Å². The van der Waals surface area contributed by atoms with Gasteiger partial charge in [0.25, 0.3) is 0 Å². The van der Waals surface area contributed by atoms with E-state index in [-0.39, 0.29) is 17.0 Å². The Bertz CT molecular complexity index is 260. The second kappa shape index (κ2) is 6.20. The molecular weight excluding hydrogens is 214 g/mol. The summed E-state index contributed by atoms with van der Waals surface area (Å²) >= 11 is 0. The minimum Gasteiger partial charge on any atom is -0.481 e. The summed E-state index contributed by atoms with van der Waals surface area (Å²) in [6.45, 7) is 12.2. The van der Waals surface area contributed by atoms with E-state index in [1.807, 2.05) is 26.0 Å². The van der Waals surface area contributed by atoms with Gasteiger partial charge < -0.3 is 10.4 Å². The summed E-state index contributed by atoms with van der Waals surface area (Å²) in [5.41, 5.74) is -0.129. The van der Waals surface area contributed by atoms with Crippen molar-refractivity contribution in [2.75, 3.05) is 0 Å². The van der Waals surface area contributed by atoms with Crippen LogP contribution in [0.1, 0.15) is 54.4 Å². The lowest BCUT2D eigenvalue weighted by molar-refractivity contribution is -0.144. The average molecular weight is 241 g/mol. The van der Waals surface area contributed by atoms with Gasteiger partial charge in [0.1, 0.15) is 0 Å². The molecular formula is C14H27NO2. The molecule has 1 aliphatic rings. The summed E-state index contributed by atoms with van der Waals surface area (Å²) in [6.07, 6.45) is 5.43. The van der Waals surface area contributed by atoms with Crippen LogP contribution in [-0.4, -0.2) is 22.2 Å². The van der Waals surface area contributed by atoms with Gasteiger partial charge in [-0.1, -0.05) is 12.2 Å². The van der Waals surface area contributed by atoms with E-state index >= 15 is 0 Å². The molecule has 0 atom stereocenters. The molecule has 0 unspecified atom stereocenters. The van der Waals surface area contributed by atoms with Crippen molar-refractivity contribution in [2.45, 2.75) is 65.5 Å². The summed E-state index contributed by atoms with van der Waals surface area (Å²) in [6, 6.07) is 0. The molecule has 1 fully saturated rings. The molecule has 17 heavy (non-hydrogen) atoms. The van der Waals surface area contributed by atoms with E-state index in [1.54, 1.807) is 0 Å². The van der Waals surface area contributed by atoms with E-state index < -0.39 is 5.97 Å². The Labute approximate surface area is 105 Å². The normalized spacial score (nSPS) is 22.9. The van der Waals surface area contributed by atoms with Gasteiger partial charge in [-0.2, -0.15) is 0 Å². The highest BCUT2D eigenvalue weighted by Crippen LogP contribution is 2.32. The zero-order valence-corrected chi connectivity index (χ0v) is 12.0. The maximum absolute atomic E-state index is 10.9. The molecule has 100 valence electrons. The number of carboxylic acids is 1. The predicted octanol–water partition coefficient (Wildman–Crippen LogP) is 3.21. The third-order valence-corrected chi connectivity index (χ3v) is 2.87. The topological polar surface area (TPSA) is 49.3 Å². The van der Waals surface area contributed by atoms with Crippen LogP contribution in [0.2, 0.25) is 0 Å². The van der Waals surface area contributed by atoms with Gasteiger partial charge >= 0.3 is 5.97 Å². The Morgan fingerprint density at radius 3 is 1.71 bits per heavy atom. The van der Waals surface area contributed by atoms with Crippen LogP contribution < -0.4 is 5.32 Å². The molecule has 2 N–H and O–H groups in total. The Morgan fingerprint density at radius 2 is 1.47 bits per heavy atom. The summed E-state index contributed by atoms with van der Waals surface area (Å²) in [5.74, 6) is -0.867. The molecule has 0 bridgehead atoms. The number of hydrogen-bond acceptors (Lipinski definition) is 2. The molecule has 0 amide bonds. The lowest BCUT2D eigenvalue weighted by Gasteiger charge is -2.45. The van der Waals surface area contributed by atoms with Crippen molar-refractivity contribution in [3.63, 3.8) is 0 Å². The molecule has 1 aliphatic heterocycles. The van der Waals surface area contributed by atoms with Crippen molar-refractivity contribution in [3.8, 4) is 0 Å². The molecule has 0 spiro atoms. The van der Waals surface area contributed by atoms with Crippen molar-refractivity contribution in [3.05, 3.63) is 12.2 Å². The van der Waals surface area contributed by atoms with E-state index in [0.717, 1.165) is 0 Å². The van der Waals surface area contributed by atoms with Gasteiger partial charge in [-0.3, -0.25) is 4.79 Å². The summed E-state index contributed by atoms with van der Waals surface area (Å²) < 4.78 is 0. The first-order chi connectivity index (χ1) is 7.63. The van der Waals surface area contributed by atoms with Gasteiger partial charge in [0.2, 0.25) is 0 Å². The maximum atomic E-state index is 10.9. The lowest BCUT2D eigenvalue weighted by Crippen LogP contribution is -2.58. The van der Waals surface area contributed by atoms with Crippen molar-refractivity contribution in [1.82, 2.24) is 5.32 Å². The van der Waals surface area contributed by atoms with Gasteiger partial charge in [-0.25, -0.2) is 0 Å². The molecule has 1 heterocycles. The van der Waals surface area contributed by atoms with Crippen LogP contribution in [0, 0.1) is 5.92 Å². The van der Waals surface area contributed by atoms with Crippen LogP contribution in [0.5, 0.6) is 0 Å². The van der Waals surface area contributed by atoms with E-state index in [0.29, 0.717) is 12.8 Å². The van der Waals surface area contributed by atoms with Crippen LogP contribution in [0.3, 0.4) is 0 Å². The van der Waals surface area contributed by atoms with E-state index in [4.69, 9.17) is 5.11 Å². The number of carbonyl (C=O) groups is 1. The van der Waals surface area contributed by atoms with Gasteiger partial charge in [-0.05, 0) is 54.4 Å². The molecule has 0 aromatic carbocycles. The van der Waals surface area contributed by atoms with Gasteiger partial charge in [0.05, 0.1) is 5.92 Å². The van der Waals surface area contributed by atoms with E-state index in [1.165, 1.54) is 0 Å². The molecule has 1 saturated heterocycles. The quantitative estimate of drug-likeness (QED) is 0.693. The number of rotatable bonds is 1. The zero-order valence-electron chi connectivity index (χ0n) is 12.0. The predicted molar refractivity (Wildman–Crippen MR) is 72.1 cm³/mol. The number of allylic oxidation sites excluding steroid dienone is 2. The standard InChI is InChI=1S/C10H19NO2.C4H8/c1-9(2)5-7(8(12)13)6-10(3,4)11-9;1-3-4-2/h7,11H,5-6H2,1-4H3,(H,12,13);3-4H,1-2H3. The first kappa shape index (κ1) is 16.2. The van der Waals surface area contributed by atoms with E-state index in [9.17, 15) is 4.79 Å². The highest BCUT2D eigenvalue weighted by molar-refractivity contribution is 5.70. The molecule has 3 nitrogen and oxygen atoms in total. The van der Waals surface area contributed by atoms with Crippen LogP contribution in [0.25, 0.3) is 0 Å². The largest absolute Gasteiger partial charge is 0.481 e. The maximum Gasteiger partial charge on any atom is 0.306 e. The van der Waals surface area contributed by atoms with Crippen molar-refractivity contribution < 1.29 is 9.90 Å². The summed E-state index contributed by atoms with van der Waals surface area (Å²) in [5, 5.41) is 12.4. The molecule has 0 aromatic heterocycles. The fourth-order valence-electron chi connectivity index (χ4n) is 2.50. The first-order valence-electron chi connectivity index (χ1n) is 6.23. The van der Waals surface area contributed by atoms with E-state index in [2.05, 4.69) is 33.0 Å². The molecule has 1 rings (SSSR count). The van der Waals surface area contributed by atoms with Crippen molar-refractivity contribution >= 4 is 5.97 Å². The summed E-state index contributed by atoms with van der Waals surface area (Å²) in [4.78, 5) is 10.9. The Hall–Kier alpha value is -0.830. The summed E-state index contributed by atoms with van der Waals surface area (Å²) in [7, 11) is 0. The third kappa shape index (κ3) is 6.47. The van der Waals surface area contributed by atoms with Crippen LogP contribution in [-0.2, 0) is 4.79 Å². The second-order valence-electron chi connectivity index (χ2n) is 6.00. The highest BCUT2D eigenvalue weighted by atomic mass is 16.4. The first-order valence-corrected chi connectivity index (χ1v) is 6.23. The van der Waals surface area contributed by atoms with Gasteiger partial charge in [0.15, 0.2) is 0 Å².